The van der Waals surface area contributed by atoms with E-state index in [-0.39, 0.29) is 17.2 Å². The van der Waals surface area contributed by atoms with Crippen LogP contribution in [0.15, 0.2) is 54.7 Å². The number of H-pyrrole nitrogens is 1. The lowest BCUT2D eigenvalue weighted by Crippen LogP contribution is -2.02. The van der Waals surface area contributed by atoms with Gasteiger partial charge in [0.25, 0.3) is 11.4 Å². The van der Waals surface area contributed by atoms with Crippen molar-refractivity contribution < 1.29 is 15.0 Å². The third kappa shape index (κ3) is 3.35. The normalized spacial score (nSPS) is 11.9. The predicted octanol–water partition coefficient (Wildman–Crippen LogP) is 2.97. The van der Waals surface area contributed by atoms with Crippen molar-refractivity contribution in [2.75, 3.05) is 0 Å². The number of rotatable bonds is 5. The maximum absolute atomic E-state index is 10.7. The molecular weight excluding hydrogens is 328 g/mol. The molecule has 126 valence electrons. The third-order valence-electron chi connectivity index (χ3n) is 3.66. The standard InChI is InChI=1S/C16H12N4O5/c21-15(11-3-7-13(8-4-11)20(24)25)16-17-9-14(18-16)10-1-5-12(6-2-10)19(22)23/h1-9,15,21H,(H,17,18)/t15-/m1/s1. The first kappa shape index (κ1) is 16.3. The Morgan fingerprint density at radius 3 is 1.96 bits per heavy atom. The molecule has 0 aliphatic carbocycles. The molecular formula is C16H12N4O5. The number of aromatic nitrogens is 2. The van der Waals surface area contributed by atoms with Crippen molar-refractivity contribution in [1.82, 2.24) is 9.97 Å². The van der Waals surface area contributed by atoms with Crippen LogP contribution in [0.2, 0.25) is 0 Å². The second kappa shape index (κ2) is 6.49. The minimum absolute atomic E-state index is 0.0191. The molecule has 1 aromatic heterocycles. The Morgan fingerprint density at radius 2 is 1.44 bits per heavy atom. The zero-order chi connectivity index (χ0) is 18.0. The van der Waals surface area contributed by atoms with Crippen molar-refractivity contribution in [3.05, 3.63) is 86.3 Å². The topological polar surface area (TPSA) is 135 Å². The molecule has 9 nitrogen and oxygen atoms in total. The molecule has 0 amide bonds. The Morgan fingerprint density at radius 1 is 0.920 bits per heavy atom. The van der Waals surface area contributed by atoms with Crippen LogP contribution in [-0.4, -0.2) is 24.9 Å². The Labute approximate surface area is 140 Å². The molecule has 0 saturated carbocycles. The first-order chi connectivity index (χ1) is 12.0. The van der Waals surface area contributed by atoms with Gasteiger partial charge in [0, 0.05) is 29.8 Å². The number of aromatic amines is 1. The molecule has 25 heavy (non-hydrogen) atoms. The summed E-state index contributed by atoms with van der Waals surface area (Å²) in [6.45, 7) is 0. The monoisotopic (exact) mass is 340 g/mol. The number of nitro benzene ring substituents is 2. The fourth-order valence-corrected chi connectivity index (χ4v) is 2.32. The fourth-order valence-electron chi connectivity index (χ4n) is 2.32. The van der Waals surface area contributed by atoms with Gasteiger partial charge in [-0.25, -0.2) is 4.98 Å². The van der Waals surface area contributed by atoms with Crippen LogP contribution in [0.3, 0.4) is 0 Å². The Bertz CT molecular complexity index is 918. The molecule has 9 heteroatoms. The van der Waals surface area contributed by atoms with Crippen LogP contribution in [-0.2, 0) is 0 Å². The summed E-state index contributed by atoms with van der Waals surface area (Å²) in [5.74, 6) is 0.266. The van der Waals surface area contributed by atoms with E-state index in [0.29, 0.717) is 16.8 Å². The third-order valence-corrected chi connectivity index (χ3v) is 3.66. The smallest absolute Gasteiger partial charge is 0.269 e. The number of non-ortho nitro benzene ring substituents is 2. The Hall–Kier alpha value is -3.59. The fraction of sp³-hybridized carbons (Fsp3) is 0.0625. The van der Waals surface area contributed by atoms with Crippen molar-refractivity contribution in [2.24, 2.45) is 0 Å². The molecule has 0 radical (unpaired) electrons. The summed E-state index contributed by atoms with van der Waals surface area (Å²) >= 11 is 0. The average molecular weight is 340 g/mol. The maximum atomic E-state index is 10.7. The Kier molecular flexibility index (Phi) is 4.23. The van der Waals surface area contributed by atoms with Crippen molar-refractivity contribution in [1.29, 1.82) is 0 Å². The van der Waals surface area contributed by atoms with E-state index in [4.69, 9.17) is 0 Å². The van der Waals surface area contributed by atoms with Crippen LogP contribution >= 0.6 is 0 Å². The lowest BCUT2D eigenvalue weighted by Gasteiger charge is -2.07. The molecule has 0 aliphatic rings. The number of benzene rings is 2. The van der Waals surface area contributed by atoms with Crippen molar-refractivity contribution in [3.63, 3.8) is 0 Å². The highest BCUT2D eigenvalue weighted by Crippen LogP contribution is 2.25. The van der Waals surface area contributed by atoms with E-state index in [1.807, 2.05) is 0 Å². The second-order valence-electron chi connectivity index (χ2n) is 5.24. The van der Waals surface area contributed by atoms with E-state index in [1.54, 1.807) is 12.1 Å². The van der Waals surface area contributed by atoms with Gasteiger partial charge in [-0.3, -0.25) is 20.2 Å². The van der Waals surface area contributed by atoms with Crippen LogP contribution in [0.1, 0.15) is 17.5 Å². The van der Waals surface area contributed by atoms with E-state index < -0.39 is 16.0 Å². The van der Waals surface area contributed by atoms with Gasteiger partial charge in [-0.2, -0.15) is 0 Å². The van der Waals surface area contributed by atoms with Gasteiger partial charge in [0.1, 0.15) is 11.9 Å². The molecule has 0 fully saturated rings. The first-order valence-corrected chi connectivity index (χ1v) is 7.18. The highest BCUT2D eigenvalue weighted by atomic mass is 16.6. The lowest BCUT2D eigenvalue weighted by atomic mass is 10.1. The quantitative estimate of drug-likeness (QED) is 0.541. The van der Waals surface area contributed by atoms with Crippen molar-refractivity contribution in [3.8, 4) is 11.3 Å². The number of imidazole rings is 1. The number of nitro groups is 2. The number of hydrogen-bond donors (Lipinski definition) is 2. The first-order valence-electron chi connectivity index (χ1n) is 7.18. The number of nitrogens with zero attached hydrogens (tertiary/aromatic N) is 3. The van der Waals surface area contributed by atoms with Crippen LogP contribution < -0.4 is 0 Å². The summed E-state index contributed by atoms with van der Waals surface area (Å²) in [5.41, 5.74) is 1.64. The summed E-state index contributed by atoms with van der Waals surface area (Å²) in [6, 6.07) is 11.4. The van der Waals surface area contributed by atoms with Crippen LogP contribution in [0, 0.1) is 20.2 Å². The van der Waals surface area contributed by atoms with Crippen LogP contribution in [0.4, 0.5) is 11.4 Å². The van der Waals surface area contributed by atoms with Crippen molar-refractivity contribution >= 4 is 11.4 Å². The molecule has 2 aromatic carbocycles. The highest BCUT2D eigenvalue weighted by Gasteiger charge is 2.16. The van der Waals surface area contributed by atoms with Gasteiger partial charge in [-0.05, 0) is 29.8 Å². The molecule has 0 spiro atoms. The van der Waals surface area contributed by atoms with Gasteiger partial charge < -0.3 is 10.1 Å². The molecule has 3 rings (SSSR count). The largest absolute Gasteiger partial charge is 0.380 e. The molecule has 0 saturated heterocycles. The van der Waals surface area contributed by atoms with Gasteiger partial charge >= 0.3 is 0 Å². The van der Waals surface area contributed by atoms with Crippen LogP contribution in [0.5, 0.6) is 0 Å². The van der Waals surface area contributed by atoms with Gasteiger partial charge in [-0.15, -0.1) is 0 Å². The summed E-state index contributed by atoms with van der Waals surface area (Å²) in [5, 5.41) is 31.7. The molecule has 1 heterocycles. The summed E-state index contributed by atoms with van der Waals surface area (Å²) < 4.78 is 0. The zero-order valence-electron chi connectivity index (χ0n) is 12.7. The average Bonchev–Trinajstić information content (AvgIpc) is 3.11. The van der Waals surface area contributed by atoms with Crippen molar-refractivity contribution in [2.45, 2.75) is 6.10 Å². The molecule has 3 aromatic rings. The van der Waals surface area contributed by atoms with E-state index in [9.17, 15) is 25.3 Å². The molecule has 2 N–H and O–H groups in total. The zero-order valence-corrected chi connectivity index (χ0v) is 12.7. The SMILES string of the molecule is O=[N+]([O-])c1ccc(-c2cnc([C@H](O)c3ccc([N+](=O)[O-])cc3)[nH]2)cc1. The van der Waals surface area contributed by atoms with Crippen LogP contribution in [0.25, 0.3) is 11.3 Å². The van der Waals surface area contributed by atoms with E-state index >= 15 is 0 Å². The van der Waals surface area contributed by atoms with Gasteiger partial charge in [0.2, 0.25) is 0 Å². The number of nitrogens with one attached hydrogen (secondary N) is 1. The summed E-state index contributed by atoms with van der Waals surface area (Å²) in [7, 11) is 0. The lowest BCUT2D eigenvalue weighted by molar-refractivity contribution is -0.385. The molecule has 1 atom stereocenters. The summed E-state index contributed by atoms with van der Waals surface area (Å²) in [6.07, 6.45) is 0.429. The highest BCUT2D eigenvalue weighted by molar-refractivity contribution is 5.60. The number of aliphatic hydroxyl groups excluding tert-OH is 1. The minimum atomic E-state index is -1.08. The van der Waals surface area contributed by atoms with E-state index in [2.05, 4.69) is 9.97 Å². The van der Waals surface area contributed by atoms with E-state index in [1.165, 1.54) is 42.6 Å². The molecule has 0 bridgehead atoms. The van der Waals surface area contributed by atoms with Gasteiger partial charge in [-0.1, -0.05) is 0 Å². The van der Waals surface area contributed by atoms with E-state index in [0.717, 1.165) is 0 Å². The van der Waals surface area contributed by atoms with Gasteiger partial charge in [0.05, 0.1) is 21.7 Å². The summed E-state index contributed by atoms with van der Waals surface area (Å²) in [4.78, 5) is 27.4. The Balaban J connectivity index is 1.82. The molecule has 0 aliphatic heterocycles. The second-order valence-corrected chi connectivity index (χ2v) is 5.24. The molecule has 0 unspecified atom stereocenters. The number of hydrogen-bond acceptors (Lipinski definition) is 6. The number of aliphatic hydroxyl groups is 1. The minimum Gasteiger partial charge on any atom is -0.380 e. The van der Waals surface area contributed by atoms with Gasteiger partial charge in [0.15, 0.2) is 0 Å². The maximum Gasteiger partial charge on any atom is 0.269 e. The predicted molar refractivity (Wildman–Crippen MR) is 87.8 cm³/mol.